The lowest BCUT2D eigenvalue weighted by Gasteiger charge is -2.22. The third-order valence-corrected chi connectivity index (χ3v) is 4.02. The van der Waals surface area contributed by atoms with Gasteiger partial charge in [-0.15, -0.1) is 0 Å². The van der Waals surface area contributed by atoms with Crippen molar-refractivity contribution in [2.75, 3.05) is 13.1 Å². The van der Waals surface area contributed by atoms with Crippen LogP contribution in [0.4, 0.5) is 0 Å². The summed E-state index contributed by atoms with van der Waals surface area (Å²) >= 11 is 3.46. The molecule has 0 amide bonds. The zero-order valence-corrected chi connectivity index (χ0v) is 15.9. The van der Waals surface area contributed by atoms with Crippen LogP contribution in [0.25, 0.3) is 0 Å². The van der Waals surface area contributed by atoms with Crippen LogP contribution in [0.2, 0.25) is 0 Å². The zero-order chi connectivity index (χ0) is 17.6. The largest absolute Gasteiger partial charge is 0.463 e. The average Bonchev–Trinajstić information content (AvgIpc) is 2.98. The van der Waals surface area contributed by atoms with Gasteiger partial charge in [-0.05, 0) is 50.6 Å². The van der Waals surface area contributed by atoms with Gasteiger partial charge < -0.3 is 20.2 Å². The highest BCUT2D eigenvalue weighted by atomic mass is 79.9. The first-order chi connectivity index (χ1) is 11.4. The van der Waals surface area contributed by atoms with E-state index in [2.05, 4.69) is 31.6 Å². The van der Waals surface area contributed by atoms with Crippen LogP contribution in [-0.4, -0.2) is 24.2 Å². The number of benzene rings is 1. The number of nitrogens with zero attached hydrogens (tertiary/aromatic N) is 1. The molecule has 1 heterocycles. The van der Waals surface area contributed by atoms with Crippen LogP contribution in [0, 0.1) is 6.92 Å². The molecule has 0 radical (unpaired) electrons. The number of guanidine groups is 1. The number of aliphatic imine (C=N–C) groups is 1. The van der Waals surface area contributed by atoms with Gasteiger partial charge in [0, 0.05) is 11.0 Å². The number of aliphatic hydroxyl groups is 1. The number of rotatable bonds is 6. The Labute approximate surface area is 151 Å². The Bertz CT molecular complexity index is 695. The van der Waals surface area contributed by atoms with Crippen molar-refractivity contribution >= 4 is 21.9 Å². The van der Waals surface area contributed by atoms with Crippen LogP contribution in [-0.2, 0) is 12.1 Å². The van der Waals surface area contributed by atoms with E-state index >= 15 is 0 Å². The molecule has 2 rings (SSSR count). The molecule has 0 spiro atoms. The monoisotopic (exact) mass is 393 g/mol. The number of nitrogens with one attached hydrogen (secondary N) is 2. The first-order valence-corrected chi connectivity index (χ1v) is 8.76. The first kappa shape index (κ1) is 18.5. The number of halogens is 1. The number of aryl methyl sites for hydroxylation is 1. The standard InChI is InChI=1S/C18H24BrN3O2/c1-4-20-17(21-11-14-6-5-7-15(19)10-14)22-12-18(3,23)16-9-8-13(2)24-16/h5-10,23H,4,11-12H2,1-3H3,(H2,20,21,22). The summed E-state index contributed by atoms with van der Waals surface area (Å²) in [6.07, 6.45) is 0. The van der Waals surface area contributed by atoms with E-state index in [9.17, 15) is 5.11 Å². The fourth-order valence-electron chi connectivity index (χ4n) is 2.21. The second kappa shape index (κ2) is 8.35. The van der Waals surface area contributed by atoms with Gasteiger partial charge >= 0.3 is 0 Å². The molecule has 2 aromatic rings. The first-order valence-electron chi connectivity index (χ1n) is 7.96. The smallest absolute Gasteiger partial charge is 0.191 e. The maximum absolute atomic E-state index is 10.6. The Morgan fingerprint density at radius 2 is 2.08 bits per heavy atom. The Morgan fingerprint density at radius 1 is 1.29 bits per heavy atom. The zero-order valence-electron chi connectivity index (χ0n) is 14.3. The molecule has 0 aliphatic carbocycles. The van der Waals surface area contributed by atoms with Crippen LogP contribution < -0.4 is 10.6 Å². The van der Waals surface area contributed by atoms with Gasteiger partial charge in [0.25, 0.3) is 0 Å². The van der Waals surface area contributed by atoms with E-state index in [4.69, 9.17) is 4.42 Å². The Balaban J connectivity index is 2.01. The molecule has 3 N–H and O–H groups in total. The second-order valence-electron chi connectivity index (χ2n) is 5.86. The minimum atomic E-state index is -1.11. The highest BCUT2D eigenvalue weighted by molar-refractivity contribution is 9.10. The summed E-state index contributed by atoms with van der Waals surface area (Å²) < 4.78 is 6.56. The third-order valence-electron chi connectivity index (χ3n) is 3.52. The lowest BCUT2D eigenvalue weighted by atomic mass is 10.0. The van der Waals surface area contributed by atoms with Crippen molar-refractivity contribution in [3.05, 3.63) is 58.0 Å². The summed E-state index contributed by atoms with van der Waals surface area (Å²) in [5.41, 5.74) is -0.00441. The van der Waals surface area contributed by atoms with E-state index in [0.717, 1.165) is 22.3 Å². The topological polar surface area (TPSA) is 69.8 Å². The number of hydrogen-bond donors (Lipinski definition) is 3. The van der Waals surface area contributed by atoms with Gasteiger partial charge in [0.15, 0.2) is 5.96 Å². The molecular formula is C18H24BrN3O2. The highest BCUT2D eigenvalue weighted by Crippen LogP contribution is 2.21. The molecule has 1 aromatic heterocycles. The normalized spacial score (nSPS) is 14.3. The van der Waals surface area contributed by atoms with E-state index in [1.165, 1.54) is 0 Å². The van der Waals surface area contributed by atoms with Crippen molar-refractivity contribution < 1.29 is 9.52 Å². The average molecular weight is 394 g/mol. The summed E-state index contributed by atoms with van der Waals surface area (Å²) in [6.45, 7) is 7.17. The fourth-order valence-corrected chi connectivity index (χ4v) is 2.66. The lowest BCUT2D eigenvalue weighted by molar-refractivity contribution is 0.0378. The van der Waals surface area contributed by atoms with Crippen molar-refractivity contribution in [2.24, 2.45) is 4.99 Å². The molecule has 5 nitrogen and oxygen atoms in total. The van der Waals surface area contributed by atoms with Crippen LogP contribution in [0.3, 0.4) is 0 Å². The molecule has 0 bridgehead atoms. The Hall–Kier alpha value is -1.79. The Morgan fingerprint density at radius 3 is 2.71 bits per heavy atom. The van der Waals surface area contributed by atoms with Crippen molar-refractivity contribution in [2.45, 2.75) is 32.9 Å². The summed E-state index contributed by atoms with van der Waals surface area (Å²) in [5, 5.41) is 16.9. The molecule has 0 saturated heterocycles. The SMILES string of the molecule is CCNC(=NCc1cccc(Br)c1)NCC(C)(O)c1ccc(C)o1. The van der Waals surface area contributed by atoms with Crippen molar-refractivity contribution in [3.63, 3.8) is 0 Å². The van der Waals surface area contributed by atoms with E-state index in [0.29, 0.717) is 24.8 Å². The van der Waals surface area contributed by atoms with Gasteiger partial charge in [0.1, 0.15) is 17.1 Å². The summed E-state index contributed by atoms with van der Waals surface area (Å²) in [5.74, 6) is 1.97. The third kappa shape index (κ3) is 5.39. The maximum atomic E-state index is 10.6. The minimum absolute atomic E-state index is 0.296. The molecule has 0 aliphatic rings. The van der Waals surface area contributed by atoms with Crippen molar-refractivity contribution in [3.8, 4) is 0 Å². The molecular weight excluding hydrogens is 370 g/mol. The molecule has 1 aromatic carbocycles. The summed E-state index contributed by atoms with van der Waals surface area (Å²) in [6, 6.07) is 11.7. The molecule has 130 valence electrons. The van der Waals surface area contributed by atoms with Gasteiger partial charge in [0.2, 0.25) is 0 Å². The molecule has 0 fully saturated rings. The Kier molecular flexibility index (Phi) is 6.45. The van der Waals surface area contributed by atoms with Crippen LogP contribution in [0.15, 0.2) is 50.3 Å². The van der Waals surface area contributed by atoms with Gasteiger partial charge in [-0.3, -0.25) is 0 Å². The van der Waals surface area contributed by atoms with Gasteiger partial charge in [-0.2, -0.15) is 0 Å². The molecule has 24 heavy (non-hydrogen) atoms. The molecule has 1 unspecified atom stereocenters. The predicted molar refractivity (Wildman–Crippen MR) is 100.0 cm³/mol. The molecule has 0 aliphatic heterocycles. The minimum Gasteiger partial charge on any atom is -0.463 e. The number of furan rings is 1. The van der Waals surface area contributed by atoms with E-state index in [-0.39, 0.29) is 0 Å². The fraction of sp³-hybridized carbons (Fsp3) is 0.389. The molecule has 1 atom stereocenters. The highest BCUT2D eigenvalue weighted by Gasteiger charge is 2.27. The summed E-state index contributed by atoms with van der Waals surface area (Å²) in [4.78, 5) is 4.56. The predicted octanol–water partition coefficient (Wildman–Crippen LogP) is 3.31. The lowest BCUT2D eigenvalue weighted by Crippen LogP contribution is -2.44. The van der Waals surface area contributed by atoms with Gasteiger partial charge in [-0.1, -0.05) is 28.1 Å². The van der Waals surface area contributed by atoms with Gasteiger partial charge in [-0.25, -0.2) is 4.99 Å². The quantitative estimate of drug-likeness (QED) is 0.520. The van der Waals surface area contributed by atoms with E-state index in [1.807, 2.05) is 44.2 Å². The molecule has 0 saturated carbocycles. The van der Waals surface area contributed by atoms with Crippen LogP contribution in [0.5, 0.6) is 0 Å². The number of hydrogen-bond acceptors (Lipinski definition) is 3. The van der Waals surface area contributed by atoms with Crippen LogP contribution in [0.1, 0.15) is 30.9 Å². The van der Waals surface area contributed by atoms with Crippen molar-refractivity contribution in [1.82, 2.24) is 10.6 Å². The summed E-state index contributed by atoms with van der Waals surface area (Å²) in [7, 11) is 0. The van der Waals surface area contributed by atoms with Crippen LogP contribution >= 0.6 is 15.9 Å². The van der Waals surface area contributed by atoms with Gasteiger partial charge in [0.05, 0.1) is 13.1 Å². The molecule has 6 heteroatoms. The van der Waals surface area contributed by atoms with E-state index in [1.54, 1.807) is 13.0 Å². The maximum Gasteiger partial charge on any atom is 0.191 e. The second-order valence-corrected chi connectivity index (χ2v) is 6.78. The van der Waals surface area contributed by atoms with E-state index < -0.39 is 5.60 Å². The van der Waals surface area contributed by atoms with Crippen molar-refractivity contribution in [1.29, 1.82) is 0 Å².